The minimum atomic E-state index is -0.713. The number of methoxy groups -OCH3 is 2. The van der Waals surface area contributed by atoms with Gasteiger partial charge in [-0.1, -0.05) is 69.3 Å². The van der Waals surface area contributed by atoms with Crippen molar-refractivity contribution in [3.05, 3.63) is 102 Å². The first-order valence-corrected chi connectivity index (χ1v) is 20.8. The molecule has 0 unspecified atom stereocenters. The fourth-order valence-corrected chi connectivity index (χ4v) is 9.40. The monoisotopic (exact) mass is 809 g/mol. The smallest absolute Gasteiger partial charge is 0.407 e. The molecule has 2 fully saturated rings. The van der Waals surface area contributed by atoms with Crippen molar-refractivity contribution in [3.8, 4) is 28.1 Å². The second kappa shape index (κ2) is 16.1. The third-order valence-corrected chi connectivity index (χ3v) is 12.4. The Hall–Kier alpha value is -6.21. The van der Waals surface area contributed by atoms with Crippen molar-refractivity contribution in [1.82, 2.24) is 35.1 Å². The maximum absolute atomic E-state index is 13.9. The average Bonchev–Trinajstić information content (AvgIpc) is 4.08. The minimum Gasteiger partial charge on any atom is -0.488 e. The van der Waals surface area contributed by atoms with Crippen LogP contribution in [0.3, 0.4) is 0 Å². The number of ether oxygens (including phenoxy) is 3. The number of aromatic nitrogens is 4. The molecular weight excluding hydrogens is 759 g/mol. The van der Waals surface area contributed by atoms with Crippen molar-refractivity contribution in [3.63, 3.8) is 0 Å². The maximum atomic E-state index is 13.9. The number of likely N-dealkylation sites (tertiary alicyclic amines) is 2. The number of nitrogens with one attached hydrogen (secondary N) is 3. The zero-order chi connectivity index (χ0) is 41.7. The molecule has 3 N–H and O–H groups in total. The molecule has 3 amide bonds. The van der Waals surface area contributed by atoms with Crippen LogP contribution in [0.5, 0.6) is 5.75 Å². The van der Waals surface area contributed by atoms with E-state index < -0.39 is 12.1 Å². The molecule has 0 spiro atoms. The quantitative estimate of drug-likeness (QED) is 0.127. The minimum absolute atomic E-state index is 0.0848. The number of imidazole rings is 2. The van der Waals surface area contributed by atoms with Gasteiger partial charge in [0.2, 0.25) is 11.8 Å². The Morgan fingerprint density at radius 2 is 1.73 bits per heavy atom. The van der Waals surface area contributed by atoms with E-state index in [1.807, 2.05) is 66.2 Å². The molecule has 5 atom stereocenters. The van der Waals surface area contributed by atoms with Crippen molar-refractivity contribution < 1.29 is 28.6 Å². The summed E-state index contributed by atoms with van der Waals surface area (Å²) < 4.78 is 16.8. The summed E-state index contributed by atoms with van der Waals surface area (Å²) in [5.74, 6) is 2.60. The largest absolute Gasteiger partial charge is 0.488 e. The van der Waals surface area contributed by atoms with Crippen LogP contribution in [0.25, 0.3) is 44.2 Å². The number of carbonyl (C=O) groups excluding carboxylic acids is 3. The molecule has 13 heteroatoms. The highest BCUT2D eigenvalue weighted by Gasteiger charge is 2.41. The molecule has 0 bridgehead atoms. The van der Waals surface area contributed by atoms with Gasteiger partial charge < -0.3 is 39.3 Å². The summed E-state index contributed by atoms with van der Waals surface area (Å²) in [5.41, 5.74) is 7.77. The summed E-state index contributed by atoms with van der Waals surface area (Å²) in [6, 6.07) is 23.5. The number of rotatable bonds is 10. The molecular formula is C47H51N7O6. The van der Waals surface area contributed by atoms with E-state index in [1.165, 1.54) is 7.11 Å². The fourth-order valence-electron chi connectivity index (χ4n) is 9.40. The van der Waals surface area contributed by atoms with E-state index in [9.17, 15) is 14.4 Å². The Kier molecular flexibility index (Phi) is 10.5. The van der Waals surface area contributed by atoms with Gasteiger partial charge in [-0.2, -0.15) is 0 Å². The lowest BCUT2D eigenvalue weighted by Crippen LogP contribution is -2.51. The average molecular weight is 810 g/mol. The Morgan fingerprint density at radius 3 is 2.52 bits per heavy atom. The second-order valence-corrected chi connectivity index (χ2v) is 17.0. The number of aromatic amines is 2. The summed E-state index contributed by atoms with van der Waals surface area (Å²) in [6.07, 6.45) is 3.12. The number of amides is 3. The van der Waals surface area contributed by atoms with Crippen LogP contribution in [0, 0.1) is 17.8 Å². The van der Waals surface area contributed by atoms with E-state index >= 15 is 0 Å². The molecule has 5 heterocycles. The number of hydrogen-bond acceptors (Lipinski definition) is 8. The lowest BCUT2D eigenvalue weighted by atomic mass is 9.92. The van der Waals surface area contributed by atoms with E-state index in [2.05, 4.69) is 58.6 Å². The van der Waals surface area contributed by atoms with Crippen LogP contribution in [-0.2, 0) is 32.1 Å². The van der Waals surface area contributed by atoms with Crippen LogP contribution < -0.4 is 10.1 Å². The van der Waals surface area contributed by atoms with Crippen molar-refractivity contribution in [2.24, 2.45) is 17.8 Å². The van der Waals surface area contributed by atoms with Crippen molar-refractivity contribution >= 4 is 39.7 Å². The zero-order valence-corrected chi connectivity index (χ0v) is 34.7. The zero-order valence-electron chi connectivity index (χ0n) is 34.7. The standard InChI is InChI=1S/C47H51N7O6/c1-26(2)42(52-47(57)59-5)46(56)54-22-27(3)15-38(54)45-49-36-14-12-30-19-35-33-13-11-31(18-32(33)25-60-40(35)20-34(30)43(36)51-45)37-21-48-44(50-37)39-16-29(24-58-4)23-53(39)41(55)17-28-9-7-6-8-10-28/h6-14,18-21,26-27,29,38-39,42H,15-17,22-25H2,1-5H3,(H,48,50)(H,49,51)(H,52,57)/t27-,29-,38-,39-,42-/m0/s1. The van der Waals surface area contributed by atoms with Gasteiger partial charge in [0.05, 0.1) is 55.1 Å². The molecule has 310 valence electrons. The molecule has 6 aromatic rings. The summed E-state index contributed by atoms with van der Waals surface area (Å²) in [6.45, 7) is 8.16. The topological polar surface area (TPSA) is 155 Å². The summed E-state index contributed by atoms with van der Waals surface area (Å²) in [7, 11) is 3.01. The lowest BCUT2D eigenvalue weighted by molar-refractivity contribution is -0.135. The number of benzene rings is 4. The van der Waals surface area contributed by atoms with Gasteiger partial charge in [-0.15, -0.1) is 0 Å². The predicted octanol–water partition coefficient (Wildman–Crippen LogP) is 7.73. The van der Waals surface area contributed by atoms with Gasteiger partial charge in [-0.25, -0.2) is 14.8 Å². The Labute approximate surface area is 348 Å². The molecule has 0 radical (unpaired) electrons. The van der Waals surface area contributed by atoms with Crippen molar-refractivity contribution in [2.45, 2.75) is 64.8 Å². The third kappa shape index (κ3) is 7.35. The maximum Gasteiger partial charge on any atom is 0.407 e. The first-order chi connectivity index (χ1) is 29.1. The summed E-state index contributed by atoms with van der Waals surface area (Å²) in [4.78, 5) is 60.5. The van der Waals surface area contributed by atoms with Crippen LogP contribution in [0.1, 0.15) is 68.5 Å². The van der Waals surface area contributed by atoms with E-state index in [0.717, 1.165) is 85.6 Å². The highest BCUT2D eigenvalue weighted by Crippen LogP contribution is 2.44. The van der Waals surface area contributed by atoms with Crippen LogP contribution in [0.4, 0.5) is 4.79 Å². The molecule has 2 saturated heterocycles. The van der Waals surface area contributed by atoms with Gasteiger partial charge >= 0.3 is 6.09 Å². The van der Waals surface area contributed by atoms with E-state index in [1.54, 1.807) is 7.11 Å². The first kappa shape index (κ1) is 39.3. The number of carbonyl (C=O) groups is 3. The number of alkyl carbamates (subject to hydrolysis) is 1. The third-order valence-electron chi connectivity index (χ3n) is 12.4. The van der Waals surface area contributed by atoms with Gasteiger partial charge in [0, 0.05) is 37.1 Å². The molecule has 4 aromatic carbocycles. The summed E-state index contributed by atoms with van der Waals surface area (Å²) >= 11 is 0. The first-order valence-electron chi connectivity index (χ1n) is 20.8. The highest BCUT2D eigenvalue weighted by atomic mass is 16.5. The number of fused-ring (bicyclic) bond motifs is 6. The molecule has 3 aliphatic heterocycles. The molecule has 3 aliphatic rings. The SMILES string of the molecule is COC[C@H]1C[C@@H](c2ncc(-c3ccc4c(c3)COc3cc5c(ccc6[nH]c([C@@H]7C[C@H](C)CN7C(=O)[C@@H](NC(=O)OC)C(C)C)nc65)cc3-4)[nH]2)N(C(=O)Cc2ccccc2)C1. The Bertz CT molecular complexity index is 2580. The predicted molar refractivity (Wildman–Crippen MR) is 228 cm³/mol. The van der Waals surface area contributed by atoms with E-state index in [0.29, 0.717) is 32.7 Å². The molecule has 60 heavy (non-hydrogen) atoms. The number of nitrogens with zero attached hydrogens (tertiary/aromatic N) is 4. The second-order valence-electron chi connectivity index (χ2n) is 17.0. The molecule has 0 aliphatic carbocycles. The van der Waals surface area contributed by atoms with Gasteiger partial charge in [0.15, 0.2) is 0 Å². The van der Waals surface area contributed by atoms with Gasteiger partial charge in [0.1, 0.15) is 30.0 Å². The van der Waals surface area contributed by atoms with E-state index in [4.69, 9.17) is 24.2 Å². The Balaban J connectivity index is 0.969. The number of H-pyrrole nitrogens is 2. The normalized spacial score (nSPS) is 20.3. The van der Waals surface area contributed by atoms with Crippen LogP contribution in [0.2, 0.25) is 0 Å². The molecule has 13 nitrogen and oxygen atoms in total. The lowest BCUT2D eigenvalue weighted by Gasteiger charge is -2.30. The summed E-state index contributed by atoms with van der Waals surface area (Å²) in [5, 5.41) is 4.73. The van der Waals surface area contributed by atoms with Crippen LogP contribution in [0.15, 0.2) is 79.0 Å². The van der Waals surface area contributed by atoms with Gasteiger partial charge in [-0.05, 0) is 76.6 Å². The van der Waals surface area contributed by atoms with Crippen molar-refractivity contribution in [2.75, 3.05) is 33.9 Å². The van der Waals surface area contributed by atoms with Crippen LogP contribution >= 0.6 is 0 Å². The van der Waals surface area contributed by atoms with Gasteiger partial charge in [0.25, 0.3) is 0 Å². The number of hydrogen-bond donors (Lipinski definition) is 3. The van der Waals surface area contributed by atoms with Crippen LogP contribution in [-0.4, -0.2) is 87.6 Å². The molecule has 2 aromatic heterocycles. The molecule has 9 rings (SSSR count). The molecule has 0 saturated carbocycles. The highest BCUT2D eigenvalue weighted by molar-refractivity contribution is 6.07. The van der Waals surface area contributed by atoms with E-state index in [-0.39, 0.29) is 41.7 Å². The Morgan fingerprint density at radius 1 is 0.917 bits per heavy atom. The fraction of sp³-hybridized carbons (Fsp3) is 0.383. The van der Waals surface area contributed by atoms with Crippen molar-refractivity contribution in [1.29, 1.82) is 0 Å². The van der Waals surface area contributed by atoms with Gasteiger partial charge in [-0.3, -0.25) is 9.59 Å².